The highest BCUT2D eigenvalue weighted by molar-refractivity contribution is 5.69. The van der Waals surface area contributed by atoms with Crippen molar-refractivity contribution in [2.24, 2.45) is 23.4 Å². The molecule has 5 heteroatoms. The molecule has 0 heterocycles. The van der Waals surface area contributed by atoms with Crippen LogP contribution >= 0.6 is 0 Å². The summed E-state index contributed by atoms with van der Waals surface area (Å²) in [6.07, 6.45) is 5.05. The Hall–Kier alpha value is -2.19. The summed E-state index contributed by atoms with van der Waals surface area (Å²) in [6, 6.07) is 9.38. The molecule has 0 aliphatic heterocycles. The summed E-state index contributed by atoms with van der Waals surface area (Å²) < 4.78 is 5.91. The average molecular weight is 300 g/mol. The van der Waals surface area contributed by atoms with Gasteiger partial charge in [0.05, 0.1) is 12.3 Å². The normalized spacial score (nSPS) is 22.4. The van der Waals surface area contributed by atoms with Crippen LogP contribution in [-0.2, 0) is 0 Å². The van der Waals surface area contributed by atoms with Gasteiger partial charge in [0.1, 0.15) is 11.8 Å². The fourth-order valence-electron chi connectivity index (χ4n) is 2.78. The molecular formula is C17H24N4O. The fourth-order valence-corrected chi connectivity index (χ4v) is 2.78. The third-order valence-electron chi connectivity index (χ3n) is 4.29. The minimum Gasteiger partial charge on any atom is -0.493 e. The Morgan fingerprint density at radius 3 is 2.73 bits per heavy atom. The summed E-state index contributed by atoms with van der Waals surface area (Å²) in [5.41, 5.74) is 9.45. The Bertz CT molecular complexity index is 568. The zero-order valence-corrected chi connectivity index (χ0v) is 13.0. The second-order valence-electron chi connectivity index (χ2n) is 6.01. The molecule has 0 saturated heterocycles. The largest absolute Gasteiger partial charge is 0.493 e. The Labute approximate surface area is 131 Å². The highest BCUT2D eigenvalue weighted by Crippen LogP contribution is 2.29. The Morgan fingerprint density at radius 2 is 2.09 bits per heavy atom. The van der Waals surface area contributed by atoms with E-state index in [9.17, 15) is 0 Å². The van der Waals surface area contributed by atoms with Crippen LogP contribution in [-0.4, -0.2) is 6.61 Å². The van der Waals surface area contributed by atoms with Gasteiger partial charge in [0, 0.05) is 5.56 Å². The molecular weight excluding hydrogens is 276 g/mol. The molecule has 1 fully saturated rings. The van der Waals surface area contributed by atoms with E-state index in [0.717, 1.165) is 23.8 Å². The highest BCUT2D eigenvalue weighted by atomic mass is 16.5. The van der Waals surface area contributed by atoms with Crippen molar-refractivity contribution in [2.75, 3.05) is 6.61 Å². The topological polar surface area (TPSA) is 97.1 Å². The van der Waals surface area contributed by atoms with E-state index in [-0.39, 0.29) is 5.70 Å². The van der Waals surface area contributed by atoms with Gasteiger partial charge < -0.3 is 15.9 Å². The van der Waals surface area contributed by atoms with Gasteiger partial charge in [-0.1, -0.05) is 31.9 Å². The molecule has 1 saturated carbocycles. The molecule has 22 heavy (non-hydrogen) atoms. The van der Waals surface area contributed by atoms with Crippen molar-refractivity contribution in [2.45, 2.75) is 32.6 Å². The van der Waals surface area contributed by atoms with E-state index in [2.05, 4.69) is 12.3 Å². The maximum absolute atomic E-state index is 8.96. The lowest BCUT2D eigenvalue weighted by Gasteiger charge is -2.26. The first kappa shape index (κ1) is 16.2. The quantitative estimate of drug-likeness (QED) is 0.441. The predicted octanol–water partition coefficient (Wildman–Crippen LogP) is 2.51. The van der Waals surface area contributed by atoms with E-state index in [1.165, 1.54) is 25.7 Å². The summed E-state index contributed by atoms with van der Waals surface area (Å²) >= 11 is 0. The van der Waals surface area contributed by atoms with Crippen LogP contribution in [0.4, 0.5) is 0 Å². The second-order valence-corrected chi connectivity index (χ2v) is 6.01. The number of nitrogens with one attached hydrogen (secondary N) is 1. The van der Waals surface area contributed by atoms with Gasteiger partial charge in [-0.2, -0.15) is 5.26 Å². The molecule has 118 valence electrons. The van der Waals surface area contributed by atoms with Gasteiger partial charge in [-0.05, 0) is 36.8 Å². The summed E-state index contributed by atoms with van der Waals surface area (Å²) in [6.45, 7) is 3.05. The number of hydrogen-bond acceptors (Lipinski definition) is 5. The number of benzene rings is 1. The van der Waals surface area contributed by atoms with Crippen molar-refractivity contribution in [3.63, 3.8) is 0 Å². The second kappa shape index (κ2) is 7.71. The minimum atomic E-state index is 0.151. The van der Waals surface area contributed by atoms with Gasteiger partial charge in [0.25, 0.3) is 0 Å². The lowest BCUT2D eigenvalue weighted by molar-refractivity contribution is 0.188. The first-order valence-corrected chi connectivity index (χ1v) is 7.73. The van der Waals surface area contributed by atoms with Crippen LogP contribution < -0.4 is 21.7 Å². The van der Waals surface area contributed by atoms with Crippen LogP contribution in [0.2, 0.25) is 0 Å². The molecule has 0 atom stereocenters. The number of nitriles is 1. The van der Waals surface area contributed by atoms with E-state index >= 15 is 0 Å². The number of hydrazine groups is 1. The summed E-state index contributed by atoms with van der Waals surface area (Å²) in [7, 11) is 0. The van der Waals surface area contributed by atoms with Crippen molar-refractivity contribution in [1.29, 1.82) is 5.26 Å². The molecule has 1 aliphatic rings. The fraction of sp³-hybridized carbons (Fsp3) is 0.471. The lowest BCUT2D eigenvalue weighted by atomic mass is 9.83. The van der Waals surface area contributed by atoms with Crippen LogP contribution in [0.15, 0.2) is 30.0 Å². The van der Waals surface area contributed by atoms with Crippen molar-refractivity contribution >= 4 is 5.70 Å². The maximum atomic E-state index is 8.96. The molecule has 5 N–H and O–H groups in total. The monoisotopic (exact) mass is 300 g/mol. The van der Waals surface area contributed by atoms with Crippen molar-refractivity contribution in [1.82, 2.24) is 5.43 Å². The summed E-state index contributed by atoms with van der Waals surface area (Å²) in [5, 5.41) is 8.96. The van der Waals surface area contributed by atoms with Crippen LogP contribution in [0.25, 0.3) is 5.70 Å². The van der Waals surface area contributed by atoms with Crippen molar-refractivity contribution in [3.05, 3.63) is 35.5 Å². The van der Waals surface area contributed by atoms with Gasteiger partial charge in [-0.15, -0.1) is 0 Å². The number of hydrogen-bond donors (Lipinski definition) is 3. The number of allylic oxidation sites excluding steroid dienone is 1. The third kappa shape index (κ3) is 4.15. The first-order chi connectivity index (χ1) is 10.6. The molecule has 5 nitrogen and oxygen atoms in total. The summed E-state index contributed by atoms with van der Waals surface area (Å²) in [5.74, 6) is 7.53. The van der Waals surface area contributed by atoms with E-state index < -0.39 is 0 Å². The van der Waals surface area contributed by atoms with Gasteiger partial charge >= 0.3 is 0 Å². The van der Waals surface area contributed by atoms with Gasteiger partial charge in [0.2, 0.25) is 0 Å². The predicted molar refractivity (Wildman–Crippen MR) is 87.1 cm³/mol. The zero-order chi connectivity index (χ0) is 15.9. The minimum absolute atomic E-state index is 0.151. The SMILES string of the molecule is CC1CCC(COc2cccc(/C(N)=C(\C#N)NN)c2)CC1. The molecule has 0 bridgehead atoms. The van der Waals surface area contributed by atoms with E-state index in [1.807, 2.05) is 30.3 Å². The summed E-state index contributed by atoms with van der Waals surface area (Å²) in [4.78, 5) is 0. The smallest absolute Gasteiger partial charge is 0.151 e. The average Bonchev–Trinajstić information content (AvgIpc) is 2.55. The maximum Gasteiger partial charge on any atom is 0.151 e. The molecule has 2 rings (SSSR count). The molecule has 1 aromatic rings. The number of nitrogens with zero attached hydrogens (tertiary/aromatic N) is 1. The van der Waals surface area contributed by atoms with Crippen molar-refractivity contribution in [3.8, 4) is 11.8 Å². The molecule has 1 aromatic carbocycles. The third-order valence-corrected chi connectivity index (χ3v) is 4.29. The number of ether oxygens (including phenoxy) is 1. The van der Waals surface area contributed by atoms with Crippen LogP contribution in [0.3, 0.4) is 0 Å². The zero-order valence-electron chi connectivity index (χ0n) is 13.0. The molecule has 0 radical (unpaired) electrons. The molecule has 1 aliphatic carbocycles. The first-order valence-electron chi connectivity index (χ1n) is 7.73. The van der Waals surface area contributed by atoms with Crippen molar-refractivity contribution < 1.29 is 4.74 Å². The number of rotatable bonds is 5. The van der Waals surface area contributed by atoms with Crippen LogP contribution in [0.5, 0.6) is 5.75 Å². The van der Waals surface area contributed by atoms with Gasteiger partial charge in [-0.3, -0.25) is 0 Å². The molecule has 0 aromatic heterocycles. The molecule has 0 amide bonds. The van der Waals surface area contributed by atoms with E-state index in [1.54, 1.807) is 0 Å². The van der Waals surface area contributed by atoms with E-state index in [0.29, 0.717) is 11.6 Å². The Kier molecular flexibility index (Phi) is 5.68. The van der Waals surface area contributed by atoms with E-state index in [4.69, 9.17) is 21.6 Å². The van der Waals surface area contributed by atoms with Crippen LogP contribution in [0, 0.1) is 23.2 Å². The molecule has 0 spiro atoms. The van der Waals surface area contributed by atoms with Gasteiger partial charge in [0.15, 0.2) is 5.70 Å². The number of nitrogens with two attached hydrogens (primary N) is 2. The van der Waals surface area contributed by atoms with Gasteiger partial charge in [-0.25, -0.2) is 5.84 Å². The Balaban J connectivity index is 2.00. The lowest BCUT2D eigenvalue weighted by Crippen LogP contribution is -2.23. The standard InChI is InChI=1S/C17H24N4O/c1-12-5-7-13(8-6-12)11-22-15-4-2-3-14(9-15)17(19)16(10-18)21-20/h2-4,9,12-13,21H,5-8,11,19-20H2,1H3/b17-16-. The highest BCUT2D eigenvalue weighted by Gasteiger charge is 2.18. The van der Waals surface area contributed by atoms with Crippen LogP contribution in [0.1, 0.15) is 38.2 Å². The molecule has 0 unspecified atom stereocenters. The Morgan fingerprint density at radius 1 is 1.36 bits per heavy atom.